The molecular formula is C27H30O6. The third-order valence-corrected chi connectivity index (χ3v) is 5.09. The third kappa shape index (κ3) is 5.34. The fourth-order valence-electron chi connectivity index (χ4n) is 3.45. The van der Waals surface area contributed by atoms with Gasteiger partial charge in [0, 0.05) is 5.56 Å². The van der Waals surface area contributed by atoms with Gasteiger partial charge in [0.25, 0.3) is 0 Å². The molecule has 6 heteroatoms. The Labute approximate surface area is 194 Å². The lowest BCUT2D eigenvalue weighted by molar-refractivity contribution is 0.318. The van der Waals surface area contributed by atoms with Gasteiger partial charge < -0.3 is 29.2 Å². The topological polar surface area (TPSA) is 77.4 Å². The van der Waals surface area contributed by atoms with E-state index in [-0.39, 0.29) is 11.5 Å². The molecule has 0 saturated heterocycles. The van der Waals surface area contributed by atoms with Gasteiger partial charge in [-0.15, -0.1) is 0 Å². The van der Waals surface area contributed by atoms with E-state index in [1.807, 2.05) is 39.0 Å². The number of benzene rings is 3. The summed E-state index contributed by atoms with van der Waals surface area (Å²) in [7, 11) is 3.12. The second kappa shape index (κ2) is 10.7. The Balaban J connectivity index is 2.13. The summed E-state index contributed by atoms with van der Waals surface area (Å²) < 4.78 is 22.9. The number of methoxy groups -OCH3 is 2. The van der Waals surface area contributed by atoms with Crippen LogP contribution in [0.25, 0.3) is 22.3 Å². The van der Waals surface area contributed by atoms with E-state index in [4.69, 9.17) is 18.9 Å². The molecule has 6 nitrogen and oxygen atoms in total. The minimum absolute atomic E-state index is 0.0421. The lowest BCUT2D eigenvalue weighted by Gasteiger charge is -2.19. The van der Waals surface area contributed by atoms with Crippen molar-refractivity contribution in [1.82, 2.24) is 0 Å². The summed E-state index contributed by atoms with van der Waals surface area (Å²) in [6.45, 7) is 6.67. The van der Waals surface area contributed by atoms with Crippen molar-refractivity contribution < 1.29 is 29.2 Å². The van der Waals surface area contributed by atoms with E-state index < -0.39 is 0 Å². The van der Waals surface area contributed by atoms with E-state index >= 15 is 0 Å². The van der Waals surface area contributed by atoms with Crippen LogP contribution in [-0.2, 0) is 0 Å². The summed E-state index contributed by atoms with van der Waals surface area (Å²) in [4.78, 5) is 0. The predicted octanol–water partition coefficient (Wildman–Crippen LogP) is 6.19. The molecule has 3 aromatic carbocycles. The highest BCUT2D eigenvalue weighted by Crippen LogP contribution is 2.50. The Morgan fingerprint density at radius 3 is 2.09 bits per heavy atom. The van der Waals surface area contributed by atoms with E-state index in [2.05, 4.69) is 0 Å². The van der Waals surface area contributed by atoms with Crippen LogP contribution in [0.2, 0.25) is 0 Å². The highest BCUT2D eigenvalue weighted by atomic mass is 16.5. The van der Waals surface area contributed by atoms with Gasteiger partial charge in [0.1, 0.15) is 18.1 Å². The first-order valence-corrected chi connectivity index (χ1v) is 10.7. The summed E-state index contributed by atoms with van der Waals surface area (Å²) >= 11 is 0. The van der Waals surface area contributed by atoms with Gasteiger partial charge in [-0.05, 0) is 68.3 Å². The Morgan fingerprint density at radius 2 is 1.48 bits per heavy atom. The molecule has 0 fully saturated rings. The van der Waals surface area contributed by atoms with Gasteiger partial charge in [-0.3, -0.25) is 0 Å². The number of phenolic OH excluding ortho intramolecular Hbond substituents is 2. The number of hydrogen-bond donors (Lipinski definition) is 2. The summed E-state index contributed by atoms with van der Waals surface area (Å²) in [6, 6.07) is 13.9. The zero-order valence-electron chi connectivity index (χ0n) is 19.6. The van der Waals surface area contributed by atoms with Gasteiger partial charge in [0.2, 0.25) is 0 Å². The molecule has 0 radical (unpaired) electrons. The zero-order valence-corrected chi connectivity index (χ0v) is 19.6. The summed E-state index contributed by atoms with van der Waals surface area (Å²) in [5.74, 6) is 2.06. The summed E-state index contributed by atoms with van der Waals surface area (Å²) in [6.07, 6.45) is 1.98. The number of hydrogen-bond acceptors (Lipinski definition) is 6. The second-order valence-corrected chi connectivity index (χ2v) is 7.62. The average molecular weight is 451 g/mol. The number of ether oxygens (including phenoxy) is 4. The van der Waals surface area contributed by atoms with Crippen LogP contribution in [-0.4, -0.2) is 37.6 Å². The molecule has 0 aliphatic rings. The first-order chi connectivity index (χ1) is 15.9. The number of rotatable bonds is 9. The smallest absolute Gasteiger partial charge is 0.170 e. The maximum atomic E-state index is 11.3. The van der Waals surface area contributed by atoms with E-state index in [0.29, 0.717) is 52.9 Å². The van der Waals surface area contributed by atoms with Crippen LogP contribution in [0.1, 0.15) is 20.8 Å². The molecule has 174 valence electrons. The molecule has 0 saturated carbocycles. The SMILES string of the molecule is CCOc1c(-c2ccc(O)cc2)cc(OC)c(-c2ccc(OCC=C(C)C)c(OC)c2)c1O. The highest BCUT2D eigenvalue weighted by molar-refractivity contribution is 5.88. The molecule has 3 aromatic rings. The van der Waals surface area contributed by atoms with Crippen molar-refractivity contribution in [3.63, 3.8) is 0 Å². The lowest BCUT2D eigenvalue weighted by atomic mass is 9.96. The second-order valence-electron chi connectivity index (χ2n) is 7.62. The first kappa shape index (κ1) is 23.9. The lowest BCUT2D eigenvalue weighted by Crippen LogP contribution is -2.00. The summed E-state index contributed by atoms with van der Waals surface area (Å²) in [5.41, 5.74) is 3.77. The zero-order chi connectivity index (χ0) is 24.0. The standard InChI is InChI=1S/C27H30O6/c1-6-32-27-21(18-7-10-20(28)11-8-18)16-24(31-5)25(26(27)29)19-9-12-22(23(15-19)30-4)33-14-13-17(2)3/h7-13,15-16,28-29H,6,14H2,1-5H3. The van der Waals surface area contributed by atoms with Gasteiger partial charge in [-0.2, -0.15) is 0 Å². The van der Waals surface area contributed by atoms with Crippen molar-refractivity contribution in [1.29, 1.82) is 0 Å². The maximum absolute atomic E-state index is 11.3. The Kier molecular flexibility index (Phi) is 7.72. The molecule has 0 aliphatic heterocycles. The minimum Gasteiger partial charge on any atom is -0.508 e. The first-order valence-electron chi connectivity index (χ1n) is 10.7. The van der Waals surface area contributed by atoms with Crippen LogP contribution < -0.4 is 18.9 Å². The van der Waals surface area contributed by atoms with Crippen molar-refractivity contribution in [3.8, 4) is 56.8 Å². The van der Waals surface area contributed by atoms with E-state index in [1.54, 1.807) is 50.6 Å². The predicted molar refractivity (Wildman–Crippen MR) is 130 cm³/mol. The minimum atomic E-state index is -0.0421. The van der Waals surface area contributed by atoms with Gasteiger partial charge in [-0.25, -0.2) is 0 Å². The van der Waals surface area contributed by atoms with Crippen LogP contribution in [0.3, 0.4) is 0 Å². The number of aromatic hydroxyl groups is 2. The molecule has 0 aromatic heterocycles. The van der Waals surface area contributed by atoms with Gasteiger partial charge in [0.15, 0.2) is 23.0 Å². The quantitative estimate of drug-likeness (QED) is 0.378. The molecular weight excluding hydrogens is 420 g/mol. The Morgan fingerprint density at radius 1 is 0.818 bits per heavy atom. The van der Waals surface area contributed by atoms with Crippen LogP contribution in [0, 0.1) is 0 Å². The normalized spacial score (nSPS) is 10.5. The van der Waals surface area contributed by atoms with E-state index in [1.165, 1.54) is 0 Å². The molecule has 2 N–H and O–H groups in total. The molecule has 0 aliphatic carbocycles. The Bertz CT molecular complexity index is 1130. The largest absolute Gasteiger partial charge is 0.508 e. The van der Waals surface area contributed by atoms with Crippen LogP contribution in [0.5, 0.6) is 34.5 Å². The van der Waals surface area contributed by atoms with Crippen molar-refractivity contribution in [2.45, 2.75) is 20.8 Å². The molecule has 0 unspecified atom stereocenters. The highest BCUT2D eigenvalue weighted by Gasteiger charge is 2.23. The molecule has 0 atom stereocenters. The number of phenols is 2. The van der Waals surface area contributed by atoms with Crippen LogP contribution in [0.15, 0.2) is 60.2 Å². The molecule has 3 rings (SSSR count). The van der Waals surface area contributed by atoms with Gasteiger partial charge in [0.05, 0.1) is 26.4 Å². The maximum Gasteiger partial charge on any atom is 0.170 e. The van der Waals surface area contributed by atoms with Gasteiger partial charge in [-0.1, -0.05) is 23.8 Å². The molecule has 0 heterocycles. The number of allylic oxidation sites excluding steroid dienone is 1. The molecule has 0 amide bonds. The fourth-order valence-corrected chi connectivity index (χ4v) is 3.45. The van der Waals surface area contributed by atoms with Crippen LogP contribution in [0.4, 0.5) is 0 Å². The third-order valence-electron chi connectivity index (χ3n) is 5.09. The van der Waals surface area contributed by atoms with Crippen molar-refractivity contribution in [2.24, 2.45) is 0 Å². The van der Waals surface area contributed by atoms with E-state index in [9.17, 15) is 10.2 Å². The van der Waals surface area contributed by atoms with Crippen molar-refractivity contribution >= 4 is 0 Å². The van der Waals surface area contributed by atoms with Gasteiger partial charge >= 0.3 is 0 Å². The van der Waals surface area contributed by atoms with E-state index in [0.717, 1.165) is 11.1 Å². The molecule has 0 bridgehead atoms. The Hall–Kier alpha value is -3.80. The van der Waals surface area contributed by atoms with Crippen molar-refractivity contribution in [2.75, 3.05) is 27.4 Å². The average Bonchev–Trinajstić information content (AvgIpc) is 2.81. The fraction of sp³-hybridized carbons (Fsp3) is 0.259. The van der Waals surface area contributed by atoms with Crippen LogP contribution >= 0.6 is 0 Å². The molecule has 33 heavy (non-hydrogen) atoms. The van der Waals surface area contributed by atoms with Crippen molar-refractivity contribution in [3.05, 3.63) is 60.2 Å². The molecule has 0 spiro atoms. The monoisotopic (exact) mass is 450 g/mol. The summed E-state index contributed by atoms with van der Waals surface area (Å²) in [5, 5.41) is 20.9.